The molecule has 0 saturated heterocycles. The van der Waals surface area contributed by atoms with Gasteiger partial charge in [0.25, 0.3) is 5.56 Å². The van der Waals surface area contributed by atoms with Crippen molar-refractivity contribution < 1.29 is 9.53 Å². The van der Waals surface area contributed by atoms with Crippen LogP contribution in [0.5, 0.6) is 0 Å². The highest BCUT2D eigenvalue weighted by molar-refractivity contribution is 7.99. The van der Waals surface area contributed by atoms with E-state index in [-0.39, 0.29) is 17.1 Å². The van der Waals surface area contributed by atoms with E-state index in [4.69, 9.17) is 16.3 Å². The number of hydrogen-bond donors (Lipinski definition) is 0. The Morgan fingerprint density at radius 3 is 2.75 bits per heavy atom. The summed E-state index contributed by atoms with van der Waals surface area (Å²) >= 11 is 7.33. The predicted octanol–water partition coefficient (Wildman–Crippen LogP) is 4.45. The van der Waals surface area contributed by atoms with E-state index < -0.39 is 0 Å². The normalized spacial score (nSPS) is 11.1. The van der Waals surface area contributed by atoms with Crippen LogP contribution in [0.15, 0.2) is 58.5 Å². The maximum atomic E-state index is 13.0. The summed E-state index contributed by atoms with van der Waals surface area (Å²) in [4.78, 5) is 30.0. The van der Waals surface area contributed by atoms with Gasteiger partial charge in [0.05, 0.1) is 16.7 Å². The van der Waals surface area contributed by atoms with Gasteiger partial charge in [0.1, 0.15) is 0 Å². The summed E-state index contributed by atoms with van der Waals surface area (Å²) in [5.74, 6) is 0.195. The van der Waals surface area contributed by atoms with Gasteiger partial charge in [-0.25, -0.2) is 4.98 Å². The van der Waals surface area contributed by atoms with Crippen molar-refractivity contribution in [3.8, 4) is 0 Å². The first-order valence-corrected chi connectivity index (χ1v) is 10.5. The van der Waals surface area contributed by atoms with Crippen LogP contribution in [-0.4, -0.2) is 34.3 Å². The molecule has 0 atom stereocenters. The third-order valence-electron chi connectivity index (χ3n) is 4.18. The molecule has 3 rings (SSSR count). The van der Waals surface area contributed by atoms with E-state index in [0.29, 0.717) is 52.8 Å². The Balaban J connectivity index is 1.89. The molecule has 2 aromatic carbocycles. The minimum Gasteiger partial charge on any atom is -0.382 e. The molecule has 0 amide bonds. The van der Waals surface area contributed by atoms with Gasteiger partial charge in [0, 0.05) is 30.3 Å². The van der Waals surface area contributed by atoms with Gasteiger partial charge >= 0.3 is 0 Å². The second-order valence-electron chi connectivity index (χ2n) is 6.14. The number of carbonyl (C=O) groups excluding carboxylic acids is 1. The van der Waals surface area contributed by atoms with Crippen molar-refractivity contribution in [2.24, 2.45) is 0 Å². The van der Waals surface area contributed by atoms with Crippen LogP contribution in [0.3, 0.4) is 0 Å². The monoisotopic (exact) mass is 416 g/mol. The molecule has 0 bridgehead atoms. The molecule has 0 aliphatic rings. The highest BCUT2D eigenvalue weighted by Crippen LogP contribution is 2.21. The average molecular weight is 417 g/mol. The van der Waals surface area contributed by atoms with E-state index in [9.17, 15) is 9.59 Å². The molecule has 0 spiro atoms. The van der Waals surface area contributed by atoms with Gasteiger partial charge in [-0.1, -0.05) is 53.7 Å². The summed E-state index contributed by atoms with van der Waals surface area (Å²) in [6.45, 7) is 3.61. The smallest absolute Gasteiger partial charge is 0.262 e. The van der Waals surface area contributed by atoms with Gasteiger partial charge in [0.15, 0.2) is 10.9 Å². The van der Waals surface area contributed by atoms with Crippen LogP contribution in [0, 0.1) is 0 Å². The predicted molar refractivity (Wildman–Crippen MR) is 114 cm³/mol. The van der Waals surface area contributed by atoms with Crippen LogP contribution >= 0.6 is 23.4 Å². The molecule has 146 valence electrons. The van der Waals surface area contributed by atoms with Gasteiger partial charge in [-0.2, -0.15) is 0 Å². The highest BCUT2D eigenvalue weighted by Gasteiger charge is 2.14. The highest BCUT2D eigenvalue weighted by atomic mass is 35.5. The second-order valence-corrected chi connectivity index (χ2v) is 7.52. The molecule has 0 radical (unpaired) electrons. The Hall–Kier alpha value is -2.15. The fraction of sp³-hybridized carbons (Fsp3) is 0.286. The summed E-state index contributed by atoms with van der Waals surface area (Å²) in [6.07, 6.45) is 0.689. The van der Waals surface area contributed by atoms with Gasteiger partial charge < -0.3 is 4.74 Å². The number of ketones is 1. The molecule has 0 N–H and O–H groups in total. The average Bonchev–Trinajstić information content (AvgIpc) is 2.71. The van der Waals surface area contributed by atoms with E-state index in [1.165, 1.54) is 11.8 Å². The first-order chi connectivity index (χ1) is 13.6. The standard InChI is InChI=1S/C21H21ClN2O3S/c1-2-27-12-6-11-24-20(26)17-10-9-16(22)13-18(17)23-21(24)28-14-19(25)15-7-4-3-5-8-15/h3-5,7-10,13H,2,6,11-12,14H2,1H3. The number of aromatic nitrogens is 2. The number of halogens is 1. The quantitative estimate of drug-likeness (QED) is 0.223. The maximum Gasteiger partial charge on any atom is 0.262 e. The van der Waals surface area contributed by atoms with Gasteiger partial charge in [-0.3, -0.25) is 14.2 Å². The zero-order chi connectivity index (χ0) is 19.9. The molecule has 0 aliphatic carbocycles. The molecular formula is C21H21ClN2O3S. The van der Waals surface area contributed by atoms with Crippen molar-refractivity contribution in [2.45, 2.75) is 25.0 Å². The van der Waals surface area contributed by atoms with Crippen LogP contribution in [-0.2, 0) is 11.3 Å². The van der Waals surface area contributed by atoms with E-state index in [2.05, 4.69) is 4.98 Å². The molecule has 1 aromatic heterocycles. The molecule has 1 heterocycles. The Labute approximate surface area is 172 Å². The van der Waals surface area contributed by atoms with E-state index >= 15 is 0 Å². The largest absolute Gasteiger partial charge is 0.382 e. The number of fused-ring (bicyclic) bond motifs is 1. The number of carbonyl (C=O) groups is 1. The Bertz CT molecular complexity index is 1020. The van der Waals surface area contributed by atoms with E-state index in [0.717, 1.165) is 0 Å². The fourth-order valence-electron chi connectivity index (χ4n) is 2.79. The van der Waals surface area contributed by atoms with Gasteiger partial charge in [0.2, 0.25) is 0 Å². The van der Waals surface area contributed by atoms with Crippen molar-refractivity contribution in [1.82, 2.24) is 9.55 Å². The van der Waals surface area contributed by atoms with Crippen LogP contribution in [0.2, 0.25) is 5.02 Å². The molecule has 3 aromatic rings. The Morgan fingerprint density at radius 2 is 2.00 bits per heavy atom. The number of rotatable bonds is 9. The lowest BCUT2D eigenvalue weighted by atomic mass is 10.2. The van der Waals surface area contributed by atoms with E-state index in [1.54, 1.807) is 34.9 Å². The summed E-state index contributed by atoms with van der Waals surface area (Å²) < 4.78 is 7.00. The third-order valence-corrected chi connectivity index (χ3v) is 5.40. The number of benzene rings is 2. The fourth-order valence-corrected chi connectivity index (χ4v) is 3.87. The maximum absolute atomic E-state index is 13.0. The molecule has 0 aliphatic heterocycles. The first kappa shape index (κ1) is 20.6. The SMILES string of the molecule is CCOCCCn1c(SCC(=O)c2ccccc2)nc2cc(Cl)ccc2c1=O. The van der Waals surface area contributed by atoms with Gasteiger partial charge in [-0.05, 0) is 31.5 Å². The van der Waals surface area contributed by atoms with Gasteiger partial charge in [-0.15, -0.1) is 0 Å². The minimum atomic E-state index is -0.132. The lowest BCUT2D eigenvalue weighted by molar-refractivity contribution is 0.102. The molecule has 0 fully saturated rings. The second kappa shape index (κ2) is 9.87. The molecule has 5 nitrogen and oxygen atoms in total. The Morgan fingerprint density at radius 1 is 1.21 bits per heavy atom. The van der Waals surface area contributed by atoms with Crippen LogP contribution < -0.4 is 5.56 Å². The third kappa shape index (κ3) is 5.01. The molecule has 7 heteroatoms. The van der Waals surface area contributed by atoms with Crippen LogP contribution in [0.25, 0.3) is 10.9 Å². The topological polar surface area (TPSA) is 61.2 Å². The summed E-state index contributed by atoms with van der Waals surface area (Å²) in [5, 5.41) is 1.55. The van der Waals surface area contributed by atoms with Crippen molar-refractivity contribution in [1.29, 1.82) is 0 Å². The number of hydrogen-bond acceptors (Lipinski definition) is 5. The number of thioether (sulfide) groups is 1. The van der Waals surface area contributed by atoms with Crippen LogP contribution in [0.4, 0.5) is 0 Å². The van der Waals surface area contributed by atoms with E-state index in [1.807, 2.05) is 25.1 Å². The zero-order valence-electron chi connectivity index (χ0n) is 15.6. The Kier molecular flexibility index (Phi) is 7.25. The summed E-state index contributed by atoms with van der Waals surface area (Å²) in [5.41, 5.74) is 1.05. The molecular weight excluding hydrogens is 396 g/mol. The lowest BCUT2D eigenvalue weighted by Gasteiger charge is -2.13. The summed E-state index contributed by atoms with van der Waals surface area (Å²) in [6, 6.07) is 14.1. The molecule has 0 saturated carbocycles. The first-order valence-electron chi connectivity index (χ1n) is 9.09. The molecule has 0 unspecified atom stereocenters. The van der Waals surface area contributed by atoms with Crippen molar-refractivity contribution in [3.05, 3.63) is 69.5 Å². The number of Topliss-reactive ketones (excluding diaryl/α,β-unsaturated/α-hetero) is 1. The molecule has 28 heavy (non-hydrogen) atoms. The summed E-state index contributed by atoms with van der Waals surface area (Å²) in [7, 11) is 0. The lowest BCUT2D eigenvalue weighted by Crippen LogP contribution is -2.24. The van der Waals surface area contributed by atoms with Crippen molar-refractivity contribution in [2.75, 3.05) is 19.0 Å². The van der Waals surface area contributed by atoms with Crippen molar-refractivity contribution in [3.63, 3.8) is 0 Å². The number of nitrogens with zero attached hydrogens (tertiary/aromatic N) is 2. The zero-order valence-corrected chi connectivity index (χ0v) is 17.1. The van der Waals surface area contributed by atoms with Crippen LogP contribution in [0.1, 0.15) is 23.7 Å². The minimum absolute atomic E-state index is 0.00749. The number of ether oxygens (including phenoxy) is 1. The van der Waals surface area contributed by atoms with Crippen molar-refractivity contribution >= 4 is 40.0 Å².